The number of hydrogen-bond donors (Lipinski definition) is 1. The Morgan fingerprint density at radius 3 is 2.29 bits per heavy atom. The minimum atomic E-state index is -3.51. The van der Waals surface area contributed by atoms with Gasteiger partial charge in [-0.05, 0) is 57.3 Å². The molecule has 1 N–H and O–H groups in total. The molecule has 136 valence electrons. The maximum Gasteiger partial charge on any atom is 0.243 e. The van der Waals surface area contributed by atoms with Gasteiger partial charge in [0.05, 0.1) is 19.1 Å². The van der Waals surface area contributed by atoms with E-state index in [1.165, 1.54) is 7.11 Å². The molecule has 0 amide bonds. The largest absolute Gasteiger partial charge is 0.493 e. The molecule has 24 heavy (non-hydrogen) atoms. The Bertz CT molecular complexity index is 653. The molecule has 6 nitrogen and oxygen atoms in total. The minimum Gasteiger partial charge on any atom is -0.493 e. The third kappa shape index (κ3) is 4.02. The van der Waals surface area contributed by atoms with E-state index in [4.69, 9.17) is 9.47 Å². The summed E-state index contributed by atoms with van der Waals surface area (Å²) in [4.78, 5) is 0.300. The standard InChI is InChI=1S/C17H28N2O4S/c1-13-11-15(22-3)16(23-4)12-17(13)24(20,21)19-9-6-14(7-10-19)5-8-18-2/h11-12,14,18H,5-10H2,1-4H3. The predicted octanol–water partition coefficient (Wildman–Crippen LogP) is 2.02. The maximum absolute atomic E-state index is 13.0. The fraction of sp³-hybridized carbons (Fsp3) is 0.647. The topological polar surface area (TPSA) is 67.9 Å². The SMILES string of the molecule is CNCCC1CCN(S(=O)(=O)c2cc(OC)c(OC)cc2C)CC1. The summed E-state index contributed by atoms with van der Waals surface area (Å²) in [6.07, 6.45) is 2.92. The highest BCUT2D eigenvalue weighted by Gasteiger charge is 2.31. The lowest BCUT2D eigenvalue weighted by atomic mass is 9.95. The Morgan fingerprint density at radius 1 is 1.17 bits per heavy atom. The van der Waals surface area contributed by atoms with Crippen LogP contribution >= 0.6 is 0 Å². The fourth-order valence-electron chi connectivity index (χ4n) is 3.17. The number of benzene rings is 1. The molecule has 1 aromatic rings. The highest BCUT2D eigenvalue weighted by molar-refractivity contribution is 7.89. The van der Waals surface area contributed by atoms with Gasteiger partial charge in [0.15, 0.2) is 11.5 Å². The van der Waals surface area contributed by atoms with Gasteiger partial charge in [0, 0.05) is 19.2 Å². The van der Waals surface area contributed by atoms with Crippen molar-refractivity contribution in [2.75, 3.05) is 40.9 Å². The first kappa shape index (κ1) is 19.0. The Balaban J connectivity index is 2.19. The number of nitrogens with one attached hydrogen (secondary N) is 1. The summed E-state index contributed by atoms with van der Waals surface area (Å²) in [5.41, 5.74) is 0.671. The van der Waals surface area contributed by atoms with Crippen LogP contribution in [-0.4, -0.2) is 53.6 Å². The van der Waals surface area contributed by atoms with Crippen LogP contribution in [0.15, 0.2) is 17.0 Å². The van der Waals surface area contributed by atoms with Gasteiger partial charge in [-0.15, -0.1) is 0 Å². The van der Waals surface area contributed by atoms with E-state index in [9.17, 15) is 8.42 Å². The van der Waals surface area contributed by atoms with Crippen LogP contribution in [0.3, 0.4) is 0 Å². The van der Waals surface area contributed by atoms with E-state index in [1.807, 2.05) is 7.05 Å². The highest BCUT2D eigenvalue weighted by Crippen LogP contribution is 2.34. The maximum atomic E-state index is 13.0. The fourth-order valence-corrected chi connectivity index (χ4v) is 4.86. The molecular weight excluding hydrogens is 328 g/mol. The van der Waals surface area contributed by atoms with E-state index >= 15 is 0 Å². The molecule has 1 aliphatic heterocycles. The lowest BCUT2D eigenvalue weighted by molar-refractivity contribution is 0.263. The quantitative estimate of drug-likeness (QED) is 0.810. The number of hydrogen-bond acceptors (Lipinski definition) is 5. The van der Waals surface area contributed by atoms with Crippen molar-refractivity contribution in [3.8, 4) is 11.5 Å². The summed E-state index contributed by atoms with van der Waals surface area (Å²) in [6.45, 7) is 3.91. The molecule has 0 saturated carbocycles. The van der Waals surface area contributed by atoms with E-state index in [0.717, 1.165) is 25.8 Å². The van der Waals surface area contributed by atoms with Gasteiger partial charge in [-0.25, -0.2) is 8.42 Å². The number of methoxy groups -OCH3 is 2. The molecule has 1 aromatic carbocycles. The van der Waals surface area contributed by atoms with Gasteiger partial charge in [-0.3, -0.25) is 0 Å². The van der Waals surface area contributed by atoms with Crippen molar-refractivity contribution in [1.29, 1.82) is 0 Å². The van der Waals surface area contributed by atoms with Crippen molar-refractivity contribution in [1.82, 2.24) is 9.62 Å². The van der Waals surface area contributed by atoms with Crippen LogP contribution in [0.4, 0.5) is 0 Å². The molecule has 0 spiro atoms. The van der Waals surface area contributed by atoms with Crippen molar-refractivity contribution in [2.45, 2.75) is 31.1 Å². The number of piperidine rings is 1. The Morgan fingerprint density at radius 2 is 1.75 bits per heavy atom. The predicted molar refractivity (Wildman–Crippen MR) is 94.3 cm³/mol. The zero-order valence-electron chi connectivity index (χ0n) is 15.0. The summed E-state index contributed by atoms with van der Waals surface area (Å²) in [5, 5.41) is 3.16. The third-order valence-corrected chi connectivity index (χ3v) is 6.72. The Labute approximate surface area is 145 Å². The van der Waals surface area contributed by atoms with Gasteiger partial charge in [-0.2, -0.15) is 4.31 Å². The van der Waals surface area contributed by atoms with E-state index in [0.29, 0.717) is 41.0 Å². The Kier molecular flexibility index (Phi) is 6.48. The smallest absolute Gasteiger partial charge is 0.243 e. The normalized spacial score (nSPS) is 17.0. The lowest BCUT2D eigenvalue weighted by Gasteiger charge is -2.31. The van der Waals surface area contributed by atoms with E-state index in [1.54, 1.807) is 30.5 Å². The Hall–Kier alpha value is -1.31. The molecule has 1 heterocycles. The summed E-state index contributed by atoms with van der Waals surface area (Å²) < 4.78 is 38.1. The molecule has 1 saturated heterocycles. The van der Waals surface area contributed by atoms with Crippen molar-refractivity contribution < 1.29 is 17.9 Å². The van der Waals surface area contributed by atoms with E-state index in [2.05, 4.69) is 5.32 Å². The molecule has 1 fully saturated rings. The number of sulfonamides is 1. The van der Waals surface area contributed by atoms with E-state index < -0.39 is 10.0 Å². The average molecular weight is 356 g/mol. The van der Waals surface area contributed by atoms with Crippen LogP contribution in [0.5, 0.6) is 11.5 Å². The van der Waals surface area contributed by atoms with Crippen LogP contribution in [0, 0.1) is 12.8 Å². The summed E-state index contributed by atoms with van der Waals surface area (Å²) >= 11 is 0. The molecule has 2 rings (SSSR count). The van der Waals surface area contributed by atoms with Gasteiger partial charge in [0.1, 0.15) is 0 Å². The molecule has 0 aromatic heterocycles. The number of aryl methyl sites for hydroxylation is 1. The third-order valence-electron chi connectivity index (χ3n) is 4.68. The molecule has 7 heteroatoms. The minimum absolute atomic E-state index is 0.300. The van der Waals surface area contributed by atoms with Crippen LogP contribution in [0.1, 0.15) is 24.8 Å². The van der Waals surface area contributed by atoms with Gasteiger partial charge in [0.2, 0.25) is 10.0 Å². The molecule has 1 aliphatic rings. The van der Waals surface area contributed by atoms with Crippen LogP contribution in [0.25, 0.3) is 0 Å². The molecule has 0 radical (unpaired) electrons. The number of ether oxygens (including phenoxy) is 2. The highest BCUT2D eigenvalue weighted by atomic mass is 32.2. The first-order chi connectivity index (χ1) is 11.4. The molecule has 0 aliphatic carbocycles. The first-order valence-electron chi connectivity index (χ1n) is 8.31. The lowest BCUT2D eigenvalue weighted by Crippen LogP contribution is -2.39. The van der Waals surface area contributed by atoms with Crippen LogP contribution in [0.2, 0.25) is 0 Å². The van der Waals surface area contributed by atoms with Gasteiger partial charge in [0.25, 0.3) is 0 Å². The number of nitrogens with zero attached hydrogens (tertiary/aromatic N) is 1. The molecular formula is C17H28N2O4S. The van der Waals surface area contributed by atoms with Gasteiger partial charge < -0.3 is 14.8 Å². The van der Waals surface area contributed by atoms with E-state index in [-0.39, 0.29) is 0 Å². The molecule has 0 atom stereocenters. The average Bonchev–Trinajstić information content (AvgIpc) is 2.59. The van der Waals surface area contributed by atoms with Crippen LogP contribution in [-0.2, 0) is 10.0 Å². The second-order valence-corrected chi connectivity index (χ2v) is 8.12. The monoisotopic (exact) mass is 356 g/mol. The number of rotatable bonds is 7. The summed E-state index contributed by atoms with van der Waals surface area (Å²) in [5.74, 6) is 1.57. The van der Waals surface area contributed by atoms with Gasteiger partial charge >= 0.3 is 0 Å². The van der Waals surface area contributed by atoms with Crippen molar-refractivity contribution in [3.63, 3.8) is 0 Å². The summed E-state index contributed by atoms with van der Waals surface area (Å²) in [6, 6.07) is 3.28. The zero-order valence-corrected chi connectivity index (χ0v) is 15.8. The second-order valence-electron chi connectivity index (χ2n) is 6.21. The van der Waals surface area contributed by atoms with Crippen molar-refractivity contribution in [3.05, 3.63) is 17.7 Å². The zero-order chi connectivity index (χ0) is 17.7. The van der Waals surface area contributed by atoms with Crippen molar-refractivity contribution >= 4 is 10.0 Å². The second kappa shape index (κ2) is 8.18. The van der Waals surface area contributed by atoms with Crippen molar-refractivity contribution in [2.24, 2.45) is 5.92 Å². The summed E-state index contributed by atoms with van der Waals surface area (Å²) in [7, 11) is 1.49. The van der Waals surface area contributed by atoms with Gasteiger partial charge in [-0.1, -0.05) is 0 Å². The molecule has 0 bridgehead atoms. The van der Waals surface area contributed by atoms with Crippen LogP contribution < -0.4 is 14.8 Å². The molecule has 0 unspecified atom stereocenters. The first-order valence-corrected chi connectivity index (χ1v) is 9.75.